The Hall–Kier alpha value is -2.31. The number of carbonyl (C=O) groups is 2. The van der Waals surface area contributed by atoms with Crippen molar-refractivity contribution in [1.82, 2.24) is 10.3 Å². The van der Waals surface area contributed by atoms with Gasteiger partial charge >= 0.3 is 5.97 Å². The lowest BCUT2D eigenvalue weighted by Crippen LogP contribution is -2.38. The van der Waals surface area contributed by atoms with Crippen LogP contribution in [-0.4, -0.2) is 43.6 Å². The highest BCUT2D eigenvalue weighted by Gasteiger charge is 2.19. The second kappa shape index (κ2) is 7.32. The van der Waals surface area contributed by atoms with E-state index in [9.17, 15) is 9.59 Å². The molecule has 1 amide bonds. The number of amides is 1. The first-order chi connectivity index (χ1) is 9.54. The molecule has 1 rings (SSSR count). The van der Waals surface area contributed by atoms with Crippen LogP contribution in [0.5, 0.6) is 0 Å². The number of pyridine rings is 1. The van der Waals surface area contributed by atoms with Gasteiger partial charge in [0.2, 0.25) is 5.91 Å². The number of ether oxygens (including phenoxy) is 1. The van der Waals surface area contributed by atoms with E-state index < -0.39 is 5.97 Å². The molecule has 0 aromatic carbocycles. The van der Waals surface area contributed by atoms with Crippen LogP contribution in [0.3, 0.4) is 0 Å². The zero-order valence-electron chi connectivity index (χ0n) is 12.0. The molecule has 1 aromatic rings. The molecule has 20 heavy (non-hydrogen) atoms. The molecule has 110 valence electrons. The van der Waals surface area contributed by atoms with Crippen molar-refractivity contribution in [2.24, 2.45) is 0 Å². The highest BCUT2D eigenvalue weighted by molar-refractivity contribution is 5.98. The predicted molar refractivity (Wildman–Crippen MR) is 76.6 cm³/mol. The van der Waals surface area contributed by atoms with E-state index >= 15 is 0 Å². The van der Waals surface area contributed by atoms with Crippen molar-refractivity contribution >= 4 is 23.4 Å². The van der Waals surface area contributed by atoms with Gasteiger partial charge in [0.05, 0.1) is 24.9 Å². The molecular weight excluding hydrogens is 260 g/mol. The van der Waals surface area contributed by atoms with Gasteiger partial charge in [-0.2, -0.15) is 0 Å². The van der Waals surface area contributed by atoms with Crippen molar-refractivity contribution in [3.63, 3.8) is 0 Å². The number of nitrogens with one attached hydrogen (secondary N) is 1. The third-order valence-electron chi connectivity index (χ3n) is 2.76. The molecule has 7 nitrogen and oxygen atoms in total. The maximum absolute atomic E-state index is 11.7. The number of nitrogen functional groups attached to an aromatic ring is 1. The maximum Gasteiger partial charge on any atom is 0.340 e. The topological polar surface area (TPSA) is 97.5 Å². The third kappa shape index (κ3) is 3.59. The summed E-state index contributed by atoms with van der Waals surface area (Å²) < 4.78 is 4.66. The average Bonchev–Trinajstić information content (AvgIpc) is 2.45. The van der Waals surface area contributed by atoms with Crippen LogP contribution in [0, 0.1) is 0 Å². The molecule has 0 saturated carbocycles. The molecule has 1 heterocycles. The Morgan fingerprint density at radius 2 is 2.15 bits per heavy atom. The van der Waals surface area contributed by atoms with E-state index in [4.69, 9.17) is 5.73 Å². The Balaban J connectivity index is 3.04. The van der Waals surface area contributed by atoms with Crippen LogP contribution in [0.1, 0.15) is 24.2 Å². The summed E-state index contributed by atoms with van der Waals surface area (Å²) in [6.07, 6.45) is 1.47. The molecule has 0 aliphatic rings. The van der Waals surface area contributed by atoms with Crippen molar-refractivity contribution in [3.8, 4) is 0 Å². The smallest absolute Gasteiger partial charge is 0.340 e. The van der Waals surface area contributed by atoms with Crippen LogP contribution in [0.25, 0.3) is 0 Å². The van der Waals surface area contributed by atoms with Crippen LogP contribution in [0.2, 0.25) is 0 Å². The number of methoxy groups -OCH3 is 1. The summed E-state index contributed by atoms with van der Waals surface area (Å²) in [5.41, 5.74) is 6.41. The van der Waals surface area contributed by atoms with Gasteiger partial charge in [-0.3, -0.25) is 4.79 Å². The van der Waals surface area contributed by atoms with Gasteiger partial charge in [0.15, 0.2) is 5.82 Å². The van der Waals surface area contributed by atoms with E-state index in [1.54, 1.807) is 4.90 Å². The molecule has 0 unspecified atom stereocenters. The minimum atomic E-state index is -0.528. The van der Waals surface area contributed by atoms with Crippen molar-refractivity contribution in [2.45, 2.75) is 13.8 Å². The summed E-state index contributed by atoms with van der Waals surface area (Å²) in [7, 11) is 1.29. The third-order valence-corrected chi connectivity index (χ3v) is 2.76. The van der Waals surface area contributed by atoms with Crippen LogP contribution in [0.15, 0.2) is 12.3 Å². The molecule has 0 fully saturated rings. The van der Waals surface area contributed by atoms with Gasteiger partial charge in [-0.1, -0.05) is 0 Å². The average molecular weight is 280 g/mol. The summed E-state index contributed by atoms with van der Waals surface area (Å²) in [4.78, 5) is 29.1. The summed E-state index contributed by atoms with van der Waals surface area (Å²) in [6.45, 7) is 4.95. The Morgan fingerprint density at radius 1 is 1.45 bits per heavy atom. The van der Waals surface area contributed by atoms with Gasteiger partial charge in [0.25, 0.3) is 0 Å². The predicted octanol–water partition coefficient (Wildman–Crippen LogP) is 0.413. The first-order valence-corrected chi connectivity index (χ1v) is 6.39. The van der Waals surface area contributed by atoms with Gasteiger partial charge in [-0.05, 0) is 19.9 Å². The van der Waals surface area contributed by atoms with Gasteiger partial charge < -0.3 is 20.7 Å². The number of nitrogens with two attached hydrogens (primary N) is 1. The van der Waals surface area contributed by atoms with Crippen LogP contribution in [-0.2, 0) is 9.53 Å². The van der Waals surface area contributed by atoms with E-state index in [1.807, 2.05) is 13.8 Å². The van der Waals surface area contributed by atoms with Crippen molar-refractivity contribution < 1.29 is 14.3 Å². The van der Waals surface area contributed by atoms with Gasteiger partial charge in [0.1, 0.15) is 0 Å². The molecule has 0 radical (unpaired) electrons. The standard InChI is InChI=1S/C13H20N4O3/c1-4-15-10(18)8-17(5-2)12-11(14)9(6-7-16-12)13(19)20-3/h6-7H,4-5,8,14H2,1-3H3,(H,15,18). The first-order valence-electron chi connectivity index (χ1n) is 6.39. The molecule has 1 aromatic heterocycles. The van der Waals surface area contributed by atoms with Crippen molar-refractivity contribution in [2.75, 3.05) is 37.4 Å². The van der Waals surface area contributed by atoms with Crippen molar-refractivity contribution in [1.29, 1.82) is 0 Å². The largest absolute Gasteiger partial charge is 0.465 e. The fraction of sp³-hybridized carbons (Fsp3) is 0.462. The van der Waals surface area contributed by atoms with Crippen LogP contribution < -0.4 is 16.0 Å². The van der Waals surface area contributed by atoms with Gasteiger partial charge in [-0.15, -0.1) is 0 Å². The summed E-state index contributed by atoms with van der Waals surface area (Å²) in [5.74, 6) is -0.249. The van der Waals surface area contributed by atoms with Crippen molar-refractivity contribution in [3.05, 3.63) is 17.8 Å². The summed E-state index contributed by atoms with van der Waals surface area (Å²) in [5, 5.41) is 2.71. The maximum atomic E-state index is 11.7. The molecule has 3 N–H and O–H groups in total. The number of esters is 1. The number of anilines is 2. The molecule has 0 bridgehead atoms. The second-order valence-electron chi connectivity index (χ2n) is 4.06. The van der Waals surface area contributed by atoms with E-state index in [-0.39, 0.29) is 23.7 Å². The molecule has 0 atom stereocenters. The van der Waals surface area contributed by atoms with Crippen LogP contribution in [0.4, 0.5) is 11.5 Å². The molecular formula is C13H20N4O3. The number of aromatic nitrogens is 1. The fourth-order valence-corrected chi connectivity index (χ4v) is 1.76. The number of hydrogen-bond acceptors (Lipinski definition) is 6. The highest BCUT2D eigenvalue weighted by atomic mass is 16.5. The first kappa shape index (κ1) is 15.7. The van der Waals surface area contributed by atoms with Gasteiger partial charge in [-0.25, -0.2) is 9.78 Å². The van der Waals surface area contributed by atoms with E-state index in [0.29, 0.717) is 18.9 Å². The minimum Gasteiger partial charge on any atom is -0.465 e. The Bertz CT molecular complexity index is 491. The van der Waals surface area contributed by atoms with Gasteiger partial charge in [0, 0.05) is 19.3 Å². The number of carbonyl (C=O) groups excluding carboxylic acids is 2. The fourth-order valence-electron chi connectivity index (χ4n) is 1.76. The van der Waals surface area contributed by atoms with E-state index in [1.165, 1.54) is 19.4 Å². The lowest BCUT2D eigenvalue weighted by Gasteiger charge is -2.23. The molecule has 0 aliphatic carbocycles. The molecule has 0 aliphatic heterocycles. The Kier molecular flexibility index (Phi) is 5.76. The molecule has 7 heteroatoms. The Morgan fingerprint density at radius 3 is 2.70 bits per heavy atom. The highest BCUT2D eigenvalue weighted by Crippen LogP contribution is 2.24. The normalized spacial score (nSPS) is 9.95. The number of hydrogen-bond donors (Lipinski definition) is 2. The quantitative estimate of drug-likeness (QED) is 0.733. The monoisotopic (exact) mass is 280 g/mol. The van der Waals surface area contributed by atoms with E-state index in [0.717, 1.165) is 0 Å². The summed E-state index contributed by atoms with van der Waals surface area (Å²) in [6, 6.07) is 1.49. The Labute approximate surface area is 118 Å². The number of likely N-dealkylation sites (N-methyl/N-ethyl adjacent to an activating group) is 2. The SMILES string of the molecule is CCNC(=O)CN(CC)c1nccc(C(=O)OC)c1N. The lowest BCUT2D eigenvalue weighted by atomic mass is 10.2. The summed E-state index contributed by atoms with van der Waals surface area (Å²) >= 11 is 0. The van der Waals surface area contributed by atoms with E-state index in [2.05, 4.69) is 15.0 Å². The zero-order valence-corrected chi connectivity index (χ0v) is 12.0. The second-order valence-corrected chi connectivity index (χ2v) is 4.06. The molecule has 0 saturated heterocycles. The number of rotatable bonds is 6. The number of nitrogens with zero attached hydrogens (tertiary/aromatic N) is 2. The zero-order chi connectivity index (χ0) is 15.1. The molecule has 0 spiro atoms. The minimum absolute atomic E-state index is 0.126. The lowest BCUT2D eigenvalue weighted by molar-refractivity contribution is -0.119. The van der Waals surface area contributed by atoms with Crippen LogP contribution >= 0.6 is 0 Å².